The maximum atomic E-state index is 12.2. The molecule has 6 nitrogen and oxygen atoms in total. The Bertz CT molecular complexity index is 551. The number of amides is 1. The third kappa shape index (κ3) is 3.48. The molecule has 1 aromatic rings. The number of aliphatic carboxylic acids is 1. The maximum Gasteiger partial charge on any atom is 0.311 e. The van der Waals surface area contributed by atoms with Gasteiger partial charge in [-0.3, -0.25) is 14.7 Å². The first kappa shape index (κ1) is 16.5. The minimum Gasteiger partial charge on any atom is -0.481 e. The molecule has 0 radical (unpaired) electrons. The SMILES string of the molecule is CC(C)(C)c1cc(C(=O)NCC2(C(=O)O)CCCCC2)n[nH]1. The Balaban J connectivity index is 2.02. The summed E-state index contributed by atoms with van der Waals surface area (Å²) < 4.78 is 0. The Morgan fingerprint density at radius 2 is 1.95 bits per heavy atom. The third-order valence-corrected chi connectivity index (χ3v) is 4.47. The molecule has 0 aromatic carbocycles. The van der Waals surface area contributed by atoms with Gasteiger partial charge < -0.3 is 10.4 Å². The van der Waals surface area contributed by atoms with Gasteiger partial charge >= 0.3 is 5.97 Å². The highest BCUT2D eigenvalue weighted by molar-refractivity contribution is 5.92. The van der Waals surface area contributed by atoms with Crippen LogP contribution in [0.25, 0.3) is 0 Å². The highest BCUT2D eigenvalue weighted by Gasteiger charge is 2.40. The molecule has 0 bridgehead atoms. The van der Waals surface area contributed by atoms with Gasteiger partial charge in [0.15, 0.2) is 0 Å². The number of rotatable bonds is 4. The Labute approximate surface area is 130 Å². The third-order valence-electron chi connectivity index (χ3n) is 4.47. The Kier molecular flexibility index (Phi) is 4.58. The molecule has 1 amide bonds. The van der Waals surface area contributed by atoms with E-state index in [1.165, 1.54) is 0 Å². The van der Waals surface area contributed by atoms with Gasteiger partial charge in [0, 0.05) is 17.7 Å². The van der Waals surface area contributed by atoms with Gasteiger partial charge in [0.25, 0.3) is 5.91 Å². The van der Waals surface area contributed by atoms with Gasteiger partial charge in [-0.05, 0) is 18.9 Å². The number of H-pyrrole nitrogens is 1. The van der Waals surface area contributed by atoms with Crippen LogP contribution in [0.1, 0.15) is 69.1 Å². The van der Waals surface area contributed by atoms with Gasteiger partial charge in [0.2, 0.25) is 0 Å². The van der Waals surface area contributed by atoms with E-state index in [0.29, 0.717) is 18.5 Å². The molecule has 0 unspecified atom stereocenters. The largest absolute Gasteiger partial charge is 0.481 e. The second-order valence-corrected chi connectivity index (χ2v) is 7.25. The van der Waals surface area contributed by atoms with Crippen LogP contribution in [0.5, 0.6) is 0 Å². The smallest absolute Gasteiger partial charge is 0.311 e. The van der Waals surface area contributed by atoms with Crippen LogP contribution in [0.3, 0.4) is 0 Å². The number of aromatic amines is 1. The van der Waals surface area contributed by atoms with Crippen LogP contribution in [0.4, 0.5) is 0 Å². The van der Waals surface area contributed by atoms with Crippen molar-refractivity contribution in [2.75, 3.05) is 6.54 Å². The predicted octanol–water partition coefficient (Wildman–Crippen LogP) is 2.47. The lowest BCUT2D eigenvalue weighted by Crippen LogP contribution is -2.44. The van der Waals surface area contributed by atoms with Crippen LogP contribution in [-0.2, 0) is 10.2 Å². The Morgan fingerprint density at radius 3 is 2.45 bits per heavy atom. The second-order valence-electron chi connectivity index (χ2n) is 7.25. The lowest BCUT2D eigenvalue weighted by Gasteiger charge is -2.33. The summed E-state index contributed by atoms with van der Waals surface area (Å²) in [4.78, 5) is 23.8. The number of hydrogen-bond acceptors (Lipinski definition) is 3. The zero-order valence-corrected chi connectivity index (χ0v) is 13.5. The summed E-state index contributed by atoms with van der Waals surface area (Å²) in [5.41, 5.74) is 0.249. The molecule has 22 heavy (non-hydrogen) atoms. The molecule has 3 N–H and O–H groups in total. The van der Waals surface area contributed by atoms with E-state index in [-0.39, 0.29) is 17.9 Å². The molecule has 1 aliphatic carbocycles. The zero-order valence-electron chi connectivity index (χ0n) is 13.5. The lowest BCUT2D eigenvalue weighted by molar-refractivity contribution is -0.150. The molecule has 0 atom stereocenters. The van der Waals surface area contributed by atoms with Crippen molar-refractivity contribution in [3.63, 3.8) is 0 Å². The van der Waals surface area contributed by atoms with Gasteiger partial charge in [-0.15, -0.1) is 0 Å². The topological polar surface area (TPSA) is 95.1 Å². The van der Waals surface area contributed by atoms with E-state index in [1.807, 2.05) is 20.8 Å². The minimum absolute atomic E-state index is 0.114. The number of carbonyl (C=O) groups is 2. The predicted molar refractivity (Wildman–Crippen MR) is 82.8 cm³/mol. The highest BCUT2D eigenvalue weighted by atomic mass is 16.4. The van der Waals surface area contributed by atoms with Gasteiger partial charge in [0.05, 0.1) is 5.41 Å². The van der Waals surface area contributed by atoms with E-state index in [0.717, 1.165) is 25.0 Å². The maximum absolute atomic E-state index is 12.2. The van der Waals surface area contributed by atoms with Gasteiger partial charge in [-0.1, -0.05) is 40.0 Å². The molecular formula is C16H25N3O3. The van der Waals surface area contributed by atoms with Crippen molar-refractivity contribution >= 4 is 11.9 Å². The first-order valence-electron chi connectivity index (χ1n) is 7.82. The normalized spacial score (nSPS) is 18.0. The molecule has 6 heteroatoms. The molecular weight excluding hydrogens is 282 g/mol. The summed E-state index contributed by atoms with van der Waals surface area (Å²) in [5, 5.41) is 19.2. The molecule has 122 valence electrons. The van der Waals surface area contributed by atoms with Crippen molar-refractivity contribution in [2.24, 2.45) is 5.41 Å². The van der Waals surface area contributed by atoms with Gasteiger partial charge in [0.1, 0.15) is 5.69 Å². The zero-order chi connectivity index (χ0) is 16.4. The molecule has 1 fully saturated rings. The van der Waals surface area contributed by atoms with Crippen molar-refractivity contribution in [1.29, 1.82) is 0 Å². The van der Waals surface area contributed by atoms with Crippen molar-refractivity contribution in [3.8, 4) is 0 Å². The van der Waals surface area contributed by atoms with Crippen LogP contribution in [0.2, 0.25) is 0 Å². The summed E-state index contributed by atoms with van der Waals surface area (Å²) in [6, 6.07) is 1.73. The van der Waals surface area contributed by atoms with E-state index in [4.69, 9.17) is 0 Å². The molecule has 0 saturated heterocycles. The van der Waals surface area contributed by atoms with Crippen molar-refractivity contribution in [2.45, 2.75) is 58.3 Å². The van der Waals surface area contributed by atoms with E-state index in [1.54, 1.807) is 6.07 Å². The van der Waals surface area contributed by atoms with E-state index in [9.17, 15) is 14.7 Å². The Hall–Kier alpha value is -1.85. The summed E-state index contributed by atoms with van der Waals surface area (Å²) in [7, 11) is 0. The van der Waals surface area contributed by atoms with E-state index < -0.39 is 11.4 Å². The molecule has 1 heterocycles. The van der Waals surface area contributed by atoms with E-state index >= 15 is 0 Å². The fourth-order valence-electron chi connectivity index (χ4n) is 2.86. The fraction of sp³-hybridized carbons (Fsp3) is 0.688. The standard InChI is InChI=1S/C16H25N3O3/c1-15(2,3)12-9-11(18-19-12)13(20)17-10-16(14(21)22)7-5-4-6-8-16/h9H,4-8,10H2,1-3H3,(H,17,20)(H,18,19)(H,21,22). The number of carboxylic acid groups (broad SMARTS) is 1. The van der Waals surface area contributed by atoms with Crippen molar-refractivity contribution in [1.82, 2.24) is 15.5 Å². The van der Waals surface area contributed by atoms with Crippen LogP contribution in [0, 0.1) is 5.41 Å². The summed E-state index contributed by atoms with van der Waals surface area (Å²) in [5.74, 6) is -1.14. The fourth-order valence-corrected chi connectivity index (χ4v) is 2.86. The number of carbonyl (C=O) groups excluding carboxylic acids is 1. The van der Waals surface area contributed by atoms with Gasteiger partial charge in [-0.2, -0.15) is 5.10 Å². The average molecular weight is 307 g/mol. The van der Waals surface area contributed by atoms with Crippen molar-refractivity contribution in [3.05, 3.63) is 17.5 Å². The molecule has 0 aliphatic heterocycles. The average Bonchev–Trinajstić information content (AvgIpc) is 2.95. The highest BCUT2D eigenvalue weighted by Crippen LogP contribution is 2.36. The van der Waals surface area contributed by atoms with Crippen LogP contribution in [-0.4, -0.2) is 33.7 Å². The monoisotopic (exact) mass is 307 g/mol. The molecule has 2 rings (SSSR count). The lowest BCUT2D eigenvalue weighted by atomic mass is 9.74. The van der Waals surface area contributed by atoms with Gasteiger partial charge in [-0.25, -0.2) is 0 Å². The van der Waals surface area contributed by atoms with E-state index in [2.05, 4.69) is 15.5 Å². The number of hydrogen-bond donors (Lipinski definition) is 3. The Morgan fingerprint density at radius 1 is 1.32 bits per heavy atom. The molecule has 1 aromatic heterocycles. The first-order valence-corrected chi connectivity index (χ1v) is 7.82. The number of nitrogens with zero attached hydrogens (tertiary/aromatic N) is 1. The molecule has 1 saturated carbocycles. The summed E-state index contributed by atoms with van der Waals surface area (Å²) in [6.45, 7) is 6.26. The quantitative estimate of drug-likeness (QED) is 0.796. The van der Waals surface area contributed by atoms with Crippen LogP contribution < -0.4 is 5.32 Å². The summed E-state index contributed by atoms with van der Waals surface area (Å²) in [6.07, 6.45) is 4.11. The van der Waals surface area contributed by atoms with Crippen LogP contribution in [0.15, 0.2) is 6.07 Å². The van der Waals surface area contributed by atoms with Crippen molar-refractivity contribution < 1.29 is 14.7 Å². The number of carboxylic acids is 1. The number of nitrogens with one attached hydrogen (secondary N) is 2. The first-order chi connectivity index (χ1) is 10.2. The summed E-state index contributed by atoms with van der Waals surface area (Å²) >= 11 is 0. The molecule has 1 aliphatic rings. The number of aromatic nitrogens is 2. The second kappa shape index (κ2) is 6.10. The molecule has 0 spiro atoms. The minimum atomic E-state index is -0.822. The van der Waals surface area contributed by atoms with Crippen LogP contribution >= 0.6 is 0 Å².